The van der Waals surface area contributed by atoms with Crippen LogP contribution in [0.4, 0.5) is 5.69 Å². The zero-order chi connectivity index (χ0) is 21.3. The smallest absolute Gasteiger partial charge is 0.240 e. The topological polar surface area (TPSA) is 67.2 Å². The highest BCUT2D eigenvalue weighted by molar-refractivity contribution is 5.96. The fourth-order valence-electron chi connectivity index (χ4n) is 4.12. The highest BCUT2D eigenvalue weighted by Gasteiger charge is 2.35. The molecule has 1 aromatic heterocycles. The number of anilines is 1. The van der Waals surface area contributed by atoms with Crippen molar-refractivity contribution in [2.75, 3.05) is 11.4 Å². The van der Waals surface area contributed by atoms with Crippen molar-refractivity contribution in [3.05, 3.63) is 59.9 Å². The van der Waals surface area contributed by atoms with Crippen molar-refractivity contribution in [2.45, 2.75) is 52.1 Å². The number of benzene rings is 2. The van der Waals surface area contributed by atoms with E-state index in [4.69, 9.17) is 4.98 Å². The summed E-state index contributed by atoms with van der Waals surface area (Å²) in [7, 11) is 0. The van der Waals surface area contributed by atoms with Gasteiger partial charge in [0.1, 0.15) is 12.4 Å². The van der Waals surface area contributed by atoms with Gasteiger partial charge >= 0.3 is 0 Å². The Balaban J connectivity index is 1.64. The standard InChI is InChI=1S/C24H28N4O2/c1-4-17-9-11-19(12-10-17)27-14-18(13-23(27)30)24-26-20-7-5-6-8-21(20)28(24)15-22(29)25-16(2)3/h5-12,16,18H,4,13-15H2,1-3H3,(H,25,29). The molecule has 6 heteroatoms. The van der Waals surface area contributed by atoms with Gasteiger partial charge in [-0.2, -0.15) is 0 Å². The van der Waals surface area contributed by atoms with E-state index in [9.17, 15) is 9.59 Å². The molecule has 3 aromatic rings. The molecule has 1 aliphatic heterocycles. The first kappa shape index (κ1) is 20.1. The van der Waals surface area contributed by atoms with Gasteiger partial charge in [-0.3, -0.25) is 9.59 Å². The second kappa shape index (κ2) is 8.30. The van der Waals surface area contributed by atoms with Gasteiger partial charge in [0.05, 0.1) is 11.0 Å². The average molecular weight is 405 g/mol. The third-order valence-electron chi connectivity index (χ3n) is 5.58. The molecule has 30 heavy (non-hydrogen) atoms. The summed E-state index contributed by atoms with van der Waals surface area (Å²) in [6.45, 7) is 6.78. The van der Waals surface area contributed by atoms with Crippen molar-refractivity contribution in [1.82, 2.24) is 14.9 Å². The predicted molar refractivity (Wildman–Crippen MR) is 119 cm³/mol. The van der Waals surface area contributed by atoms with Crippen LogP contribution in [0.3, 0.4) is 0 Å². The molecule has 0 saturated carbocycles. The van der Waals surface area contributed by atoms with Crippen LogP contribution in [0.25, 0.3) is 11.0 Å². The fourth-order valence-corrected chi connectivity index (χ4v) is 4.12. The quantitative estimate of drug-likeness (QED) is 0.682. The largest absolute Gasteiger partial charge is 0.352 e. The van der Waals surface area contributed by atoms with Crippen molar-refractivity contribution >= 4 is 28.5 Å². The second-order valence-electron chi connectivity index (χ2n) is 8.19. The van der Waals surface area contributed by atoms with Crippen molar-refractivity contribution in [3.63, 3.8) is 0 Å². The van der Waals surface area contributed by atoms with Crippen LogP contribution in [0.1, 0.15) is 44.5 Å². The van der Waals surface area contributed by atoms with Crippen molar-refractivity contribution in [3.8, 4) is 0 Å². The molecule has 0 spiro atoms. The maximum atomic E-state index is 12.8. The Bertz CT molecular complexity index is 1070. The molecule has 0 bridgehead atoms. The second-order valence-corrected chi connectivity index (χ2v) is 8.19. The highest BCUT2D eigenvalue weighted by atomic mass is 16.2. The number of amides is 2. The number of hydrogen-bond donors (Lipinski definition) is 1. The molecule has 1 fully saturated rings. The molecule has 2 amide bonds. The zero-order valence-corrected chi connectivity index (χ0v) is 17.8. The minimum absolute atomic E-state index is 0.0502. The molecule has 2 aromatic carbocycles. The van der Waals surface area contributed by atoms with Gasteiger partial charge in [0.2, 0.25) is 11.8 Å². The van der Waals surface area contributed by atoms with Crippen LogP contribution in [0.2, 0.25) is 0 Å². The Labute approximate surface area is 176 Å². The summed E-state index contributed by atoms with van der Waals surface area (Å²) < 4.78 is 1.97. The molecule has 1 aliphatic rings. The van der Waals surface area contributed by atoms with Gasteiger partial charge in [0.15, 0.2) is 0 Å². The van der Waals surface area contributed by atoms with Gasteiger partial charge in [0, 0.05) is 30.6 Å². The van der Waals surface area contributed by atoms with Crippen LogP contribution in [0, 0.1) is 0 Å². The lowest BCUT2D eigenvalue weighted by Crippen LogP contribution is -2.33. The van der Waals surface area contributed by atoms with Crippen molar-refractivity contribution < 1.29 is 9.59 Å². The molecule has 0 aliphatic carbocycles. The van der Waals surface area contributed by atoms with E-state index in [1.54, 1.807) is 0 Å². The Hall–Kier alpha value is -3.15. The third kappa shape index (κ3) is 3.95. The maximum Gasteiger partial charge on any atom is 0.240 e. The van der Waals surface area contributed by atoms with Crippen molar-refractivity contribution in [2.24, 2.45) is 0 Å². The molecular formula is C24H28N4O2. The average Bonchev–Trinajstić information content (AvgIpc) is 3.28. The Morgan fingerprint density at radius 1 is 1.17 bits per heavy atom. The van der Waals surface area contributed by atoms with E-state index in [1.807, 2.05) is 59.7 Å². The molecule has 6 nitrogen and oxygen atoms in total. The normalized spacial score (nSPS) is 16.6. The van der Waals surface area contributed by atoms with E-state index in [0.717, 1.165) is 29.0 Å². The third-order valence-corrected chi connectivity index (χ3v) is 5.58. The molecule has 1 unspecified atom stereocenters. The molecule has 1 atom stereocenters. The van der Waals surface area contributed by atoms with Crippen LogP contribution < -0.4 is 10.2 Å². The lowest BCUT2D eigenvalue weighted by molar-refractivity contribution is -0.122. The lowest BCUT2D eigenvalue weighted by Gasteiger charge is -2.18. The van der Waals surface area contributed by atoms with Gasteiger partial charge in [-0.05, 0) is 50.1 Å². The van der Waals surface area contributed by atoms with Gasteiger partial charge in [-0.15, -0.1) is 0 Å². The molecule has 0 radical (unpaired) electrons. The van der Waals surface area contributed by atoms with Crippen LogP contribution in [0.5, 0.6) is 0 Å². The number of aryl methyl sites for hydroxylation is 1. The Kier molecular flexibility index (Phi) is 5.57. The van der Waals surface area contributed by atoms with Crippen LogP contribution in [-0.4, -0.2) is 34.0 Å². The number of carbonyl (C=O) groups excluding carboxylic acids is 2. The minimum atomic E-state index is -0.0531. The molecule has 156 valence electrons. The fraction of sp³-hybridized carbons (Fsp3) is 0.375. The zero-order valence-electron chi connectivity index (χ0n) is 17.8. The van der Waals surface area contributed by atoms with E-state index in [-0.39, 0.29) is 30.3 Å². The summed E-state index contributed by atoms with van der Waals surface area (Å²) in [6, 6.07) is 16.1. The number of hydrogen-bond acceptors (Lipinski definition) is 3. The summed E-state index contributed by atoms with van der Waals surface area (Å²) in [5.74, 6) is 0.791. The molecule has 4 rings (SSSR count). The van der Waals surface area contributed by atoms with Crippen LogP contribution >= 0.6 is 0 Å². The van der Waals surface area contributed by atoms with Gasteiger partial charge < -0.3 is 14.8 Å². The van der Waals surface area contributed by atoms with E-state index < -0.39 is 0 Å². The summed E-state index contributed by atoms with van der Waals surface area (Å²) in [4.78, 5) is 32.0. The Morgan fingerprint density at radius 3 is 2.60 bits per heavy atom. The molecule has 2 heterocycles. The first-order valence-electron chi connectivity index (χ1n) is 10.6. The number of imidazole rings is 1. The number of nitrogens with zero attached hydrogens (tertiary/aromatic N) is 3. The SMILES string of the molecule is CCc1ccc(N2CC(c3nc4ccccc4n3CC(=O)NC(C)C)CC2=O)cc1. The predicted octanol–water partition coefficient (Wildman–Crippen LogP) is 3.64. The number of para-hydroxylation sites is 2. The summed E-state index contributed by atoms with van der Waals surface area (Å²) >= 11 is 0. The summed E-state index contributed by atoms with van der Waals surface area (Å²) in [6.07, 6.45) is 1.37. The lowest BCUT2D eigenvalue weighted by atomic mass is 10.1. The monoisotopic (exact) mass is 404 g/mol. The van der Waals surface area contributed by atoms with Crippen LogP contribution in [0.15, 0.2) is 48.5 Å². The number of aromatic nitrogens is 2. The van der Waals surface area contributed by atoms with Gasteiger partial charge in [-0.25, -0.2) is 4.98 Å². The maximum absolute atomic E-state index is 12.8. The highest BCUT2D eigenvalue weighted by Crippen LogP contribution is 2.33. The number of rotatable bonds is 6. The van der Waals surface area contributed by atoms with Gasteiger partial charge in [-0.1, -0.05) is 31.2 Å². The van der Waals surface area contributed by atoms with E-state index in [2.05, 4.69) is 24.4 Å². The summed E-state index contributed by atoms with van der Waals surface area (Å²) in [5, 5.41) is 2.95. The Morgan fingerprint density at radius 2 is 1.90 bits per heavy atom. The number of carbonyl (C=O) groups is 2. The summed E-state index contributed by atoms with van der Waals surface area (Å²) in [5.41, 5.74) is 3.94. The van der Waals surface area contributed by atoms with E-state index >= 15 is 0 Å². The number of nitrogens with one attached hydrogen (secondary N) is 1. The van der Waals surface area contributed by atoms with Gasteiger partial charge in [0.25, 0.3) is 0 Å². The first-order valence-corrected chi connectivity index (χ1v) is 10.6. The van der Waals surface area contributed by atoms with Crippen molar-refractivity contribution in [1.29, 1.82) is 0 Å². The minimum Gasteiger partial charge on any atom is -0.352 e. The molecule has 1 N–H and O–H groups in total. The molecular weight excluding hydrogens is 376 g/mol. The van der Waals surface area contributed by atoms with Crippen LogP contribution in [-0.2, 0) is 22.6 Å². The van der Waals surface area contributed by atoms with E-state index in [1.165, 1.54) is 5.56 Å². The number of fused-ring (bicyclic) bond motifs is 1. The molecule has 1 saturated heterocycles. The van der Waals surface area contributed by atoms with E-state index in [0.29, 0.717) is 13.0 Å². The first-order chi connectivity index (χ1) is 14.5.